The number of ketones is 1. The molecule has 1 aliphatic heterocycles. The zero-order chi connectivity index (χ0) is 23.5. The quantitative estimate of drug-likeness (QED) is 0.253. The molecule has 8 nitrogen and oxygen atoms in total. The van der Waals surface area contributed by atoms with E-state index in [4.69, 9.17) is 4.52 Å². The minimum atomic E-state index is -0.767. The van der Waals surface area contributed by atoms with Gasteiger partial charge in [-0.2, -0.15) is 0 Å². The van der Waals surface area contributed by atoms with E-state index in [1.807, 2.05) is 41.8 Å². The summed E-state index contributed by atoms with van der Waals surface area (Å²) in [5.74, 6) is -0.852. The van der Waals surface area contributed by atoms with Crippen molar-refractivity contribution < 1.29 is 18.8 Å². The molecule has 10 heteroatoms. The van der Waals surface area contributed by atoms with E-state index in [1.54, 1.807) is 42.5 Å². The fourth-order valence-corrected chi connectivity index (χ4v) is 4.90. The van der Waals surface area contributed by atoms with Crippen molar-refractivity contribution >= 4 is 51.7 Å². The predicted octanol–water partition coefficient (Wildman–Crippen LogP) is 3.67. The minimum absolute atomic E-state index is 0.114. The summed E-state index contributed by atoms with van der Waals surface area (Å²) in [6.07, 6.45) is 1.72. The van der Waals surface area contributed by atoms with E-state index in [2.05, 4.69) is 10.3 Å². The summed E-state index contributed by atoms with van der Waals surface area (Å²) in [7, 11) is 0. The van der Waals surface area contributed by atoms with Crippen molar-refractivity contribution in [1.82, 2.24) is 5.27 Å². The fraction of sp³-hybridized carbons (Fsp3) is 0.0417. The molecule has 2 aromatic carbocycles. The number of hydrogen-bond donors (Lipinski definition) is 1. The van der Waals surface area contributed by atoms with Gasteiger partial charge in [0, 0.05) is 17.0 Å². The maximum absolute atomic E-state index is 13.2. The molecule has 34 heavy (non-hydrogen) atoms. The summed E-state index contributed by atoms with van der Waals surface area (Å²) in [6, 6.07) is 21.8. The van der Waals surface area contributed by atoms with E-state index >= 15 is 0 Å². The van der Waals surface area contributed by atoms with Crippen LogP contribution in [0.3, 0.4) is 0 Å². The van der Waals surface area contributed by atoms with E-state index in [1.165, 1.54) is 20.9 Å². The highest BCUT2D eigenvalue weighted by Gasteiger charge is 2.35. The van der Waals surface area contributed by atoms with Gasteiger partial charge >= 0.3 is 11.3 Å². The summed E-state index contributed by atoms with van der Waals surface area (Å²) in [4.78, 5) is 45.4. The lowest BCUT2D eigenvalue weighted by molar-refractivity contribution is -0.672. The minimum Gasteiger partial charge on any atom is -0.286 e. The number of thioether (sulfide) groups is 1. The van der Waals surface area contributed by atoms with Gasteiger partial charge in [-0.15, -0.1) is 11.3 Å². The molecule has 0 radical (unpaired) electrons. The number of aromatic amines is 1. The number of nitrogens with one attached hydrogen (secondary N) is 1. The standard InChI is InChI=1S/C24H16N4O4S2/c29-20(21-23(31)32-26-28(21)17-10-5-2-6-11-17)15-34-24-25-19(14-18-12-7-13-33-18)22(30)27(24)16-8-3-1-4-9-16/h1-14H,15H2/p+1/b19-14+. The summed E-state index contributed by atoms with van der Waals surface area (Å²) in [5.41, 5.74) is 0.603. The van der Waals surface area contributed by atoms with Crippen LogP contribution in [0, 0.1) is 0 Å². The highest BCUT2D eigenvalue weighted by Crippen LogP contribution is 2.30. The molecule has 0 fully saturated rings. The zero-order valence-electron chi connectivity index (χ0n) is 17.6. The van der Waals surface area contributed by atoms with Gasteiger partial charge in [-0.1, -0.05) is 54.2 Å². The van der Waals surface area contributed by atoms with Crippen molar-refractivity contribution in [1.29, 1.82) is 0 Å². The molecule has 0 unspecified atom stereocenters. The number of amidine groups is 1. The number of hydrogen-bond acceptors (Lipinski definition) is 7. The van der Waals surface area contributed by atoms with Gasteiger partial charge in [0.25, 0.3) is 5.91 Å². The molecule has 2 aromatic heterocycles. The number of H-pyrrole nitrogens is 1. The smallest absolute Gasteiger partial charge is 0.286 e. The van der Waals surface area contributed by atoms with Crippen LogP contribution in [-0.2, 0) is 4.79 Å². The van der Waals surface area contributed by atoms with Gasteiger partial charge in [-0.25, -0.2) is 9.79 Å². The van der Waals surface area contributed by atoms with Gasteiger partial charge in [0.1, 0.15) is 5.70 Å². The average molecular weight is 490 g/mol. The molecule has 0 aliphatic carbocycles. The summed E-state index contributed by atoms with van der Waals surface area (Å²) in [6.45, 7) is 0. The highest BCUT2D eigenvalue weighted by atomic mass is 32.2. The van der Waals surface area contributed by atoms with Gasteiger partial charge in [-0.05, 0) is 39.6 Å². The predicted molar refractivity (Wildman–Crippen MR) is 131 cm³/mol. The Hall–Kier alpha value is -4.02. The summed E-state index contributed by atoms with van der Waals surface area (Å²) >= 11 is 2.59. The monoisotopic (exact) mass is 489 g/mol. The van der Waals surface area contributed by atoms with Crippen LogP contribution in [0.25, 0.3) is 11.8 Å². The second-order valence-electron chi connectivity index (χ2n) is 7.13. The number of anilines is 1. The van der Waals surface area contributed by atoms with Crippen molar-refractivity contribution in [3.63, 3.8) is 0 Å². The van der Waals surface area contributed by atoms with Crippen molar-refractivity contribution in [3.8, 4) is 5.69 Å². The van der Waals surface area contributed by atoms with Crippen LogP contribution in [0.4, 0.5) is 5.69 Å². The Labute approximate surface area is 201 Å². The number of thiophene rings is 1. The van der Waals surface area contributed by atoms with Crippen molar-refractivity contribution in [2.75, 3.05) is 10.7 Å². The number of Topliss-reactive ketones (excluding diaryl/α,β-unsaturated/α-hetero) is 1. The number of rotatable bonds is 6. The lowest BCUT2D eigenvalue weighted by atomic mass is 10.3. The van der Waals surface area contributed by atoms with Crippen LogP contribution in [0.5, 0.6) is 0 Å². The first-order valence-corrected chi connectivity index (χ1v) is 12.1. The number of carbonyl (C=O) groups excluding carboxylic acids is 2. The lowest BCUT2D eigenvalue weighted by Crippen LogP contribution is -2.41. The molecule has 1 aliphatic rings. The topological polar surface area (TPSA) is 99.6 Å². The van der Waals surface area contributed by atoms with Crippen LogP contribution in [-0.4, -0.2) is 27.9 Å². The average Bonchev–Trinajstić information content (AvgIpc) is 3.59. The van der Waals surface area contributed by atoms with Crippen molar-refractivity contribution in [3.05, 3.63) is 105 Å². The molecule has 5 rings (SSSR count). The fourth-order valence-electron chi connectivity index (χ4n) is 3.37. The molecule has 1 amide bonds. The highest BCUT2D eigenvalue weighted by molar-refractivity contribution is 8.14. The summed E-state index contributed by atoms with van der Waals surface area (Å²) < 4.78 is 6.19. The molecule has 0 saturated heterocycles. The molecule has 3 heterocycles. The lowest BCUT2D eigenvalue weighted by Gasteiger charge is -2.17. The third kappa shape index (κ3) is 4.28. The Morgan fingerprint density at radius 1 is 1.06 bits per heavy atom. The number of aliphatic imine (C=N–C) groups is 1. The largest absolute Gasteiger partial charge is 0.438 e. The van der Waals surface area contributed by atoms with E-state index in [9.17, 15) is 14.4 Å². The molecule has 0 atom stereocenters. The van der Waals surface area contributed by atoms with E-state index in [-0.39, 0.29) is 23.1 Å². The second-order valence-corrected chi connectivity index (χ2v) is 9.05. The van der Waals surface area contributed by atoms with Crippen molar-refractivity contribution in [2.45, 2.75) is 0 Å². The first kappa shape index (κ1) is 21.8. The molecular formula is C24H17N4O4S2+. The Balaban J connectivity index is 1.43. The number of aromatic nitrogens is 2. The molecule has 1 N–H and O–H groups in total. The van der Waals surface area contributed by atoms with E-state index in [0.29, 0.717) is 16.5 Å². The van der Waals surface area contributed by atoms with Gasteiger partial charge in [-0.3, -0.25) is 19.0 Å². The molecule has 0 spiro atoms. The van der Waals surface area contributed by atoms with Crippen LogP contribution < -0.4 is 15.2 Å². The van der Waals surface area contributed by atoms with Crippen molar-refractivity contribution in [2.24, 2.45) is 4.99 Å². The Bertz CT molecular complexity index is 1460. The Morgan fingerprint density at radius 2 is 1.79 bits per heavy atom. The normalized spacial score (nSPS) is 14.6. The van der Waals surface area contributed by atoms with Crippen LogP contribution in [0.15, 0.2) is 98.2 Å². The Morgan fingerprint density at radius 3 is 2.50 bits per heavy atom. The number of para-hydroxylation sites is 2. The maximum atomic E-state index is 13.2. The number of nitrogens with zero attached hydrogens (tertiary/aromatic N) is 3. The van der Waals surface area contributed by atoms with Gasteiger partial charge in [0.05, 0.1) is 11.4 Å². The maximum Gasteiger partial charge on any atom is 0.438 e. The number of amides is 1. The number of benzene rings is 2. The molecule has 168 valence electrons. The van der Waals surface area contributed by atoms with Gasteiger partial charge in [0.15, 0.2) is 5.17 Å². The zero-order valence-corrected chi connectivity index (χ0v) is 19.2. The Kier molecular flexibility index (Phi) is 6.07. The number of carbonyl (C=O) groups is 2. The van der Waals surface area contributed by atoms with Gasteiger partial charge < -0.3 is 0 Å². The van der Waals surface area contributed by atoms with E-state index in [0.717, 1.165) is 16.6 Å². The third-order valence-corrected chi connectivity index (χ3v) is 6.68. The van der Waals surface area contributed by atoms with Crippen LogP contribution >= 0.6 is 23.1 Å². The second kappa shape index (κ2) is 9.46. The molecule has 0 bridgehead atoms. The molecule has 4 aromatic rings. The van der Waals surface area contributed by atoms with Crippen LogP contribution in [0.2, 0.25) is 0 Å². The van der Waals surface area contributed by atoms with Gasteiger partial charge in [0.2, 0.25) is 11.5 Å². The molecule has 0 saturated carbocycles. The summed E-state index contributed by atoms with van der Waals surface area (Å²) in [5, 5.41) is 4.75. The SMILES string of the molecule is O=C(CSC1=N/C(=C/c2cccs2)C(=O)N1c1ccccc1)c1c(=O)o[nH][n+]1-c1ccccc1. The molecular weight excluding hydrogens is 472 g/mol. The third-order valence-electron chi connectivity index (χ3n) is 4.92. The van der Waals surface area contributed by atoms with E-state index < -0.39 is 11.4 Å². The first-order valence-electron chi connectivity index (χ1n) is 10.2. The van der Waals surface area contributed by atoms with Crippen LogP contribution in [0.1, 0.15) is 15.4 Å². The first-order chi connectivity index (χ1) is 16.6.